The second kappa shape index (κ2) is 6.36. The van der Waals surface area contributed by atoms with Gasteiger partial charge >= 0.3 is 0 Å². The van der Waals surface area contributed by atoms with E-state index < -0.39 is 5.91 Å². The van der Waals surface area contributed by atoms with Crippen molar-refractivity contribution in [2.75, 3.05) is 0 Å². The van der Waals surface area contributed by atoms with Crippen molar-refractivity contribution in [1.82, 2.24) is 15.0 Å². The number of aryl methyl sites for hydroxylation is 1. The van der Waals surface area contributed by atoms with Gasteiger partial charge in [0.1, 0.15) is 6.33 Å². The Balaban J connectivity index is 2.25. The summed E-state index contributed by atoms with van der Waals surface area (Å²) >= 11 is 3.47. The van der Waals surface area contributed by atoms with Gasteiger partial charge in [-0.1, -0.05) is 45.8 Å². The fourth-order valence-electron chi connectivity index (χ4n) is 2.47. The van der Waals surface area contributed by atoms with Crippen LogP contribution < -0.4 is 11.3 Å². The summed E-state index contributed by atoms with van der Waals surface area (Å²) in [6, 6.07) is 15.7. The zero-order valence-corrected chi connectivity index (χ0v) is 14.0. The molecule has 0 aliphatic rings. The highest BCUT2D eigenvalue weighted by atomic mass is 79.9. The van der Waals surface area contributed by atoms with Gasteiger partial charge in [0, 0.05) is 15.7 Å². The van der Waals surface area contributed by atoms with E-state index in [1.165, 1.54) is 0 Å². The number of nitrogen functional groups attached to an aromatic ring is 1. The molecule has 5 nitrogen and oxygen atoms in total. The molecular formula is C17H15BrN4O. The molecule has 0 bridgehead atoms. The SMILES string of the molecule is Cc1cccc(-c2c(C(=O)NN)ncn2-c2cccc(Br)c2)c1. The monoisotopic (exact) mass is 370 g/mol. The van der Waals surface area contributed by atoms with Crippen molar-refractivity contribution in [3.05, 3.63) is 70.6 Å². The predicted octanol–water partition coefficient (Wildman–Crippen LogP) is 3.21. The largest absolute Gasteiger partial charge is 0.298 e. The zero-order valence-electron chi connectivity index (χ0n) is 12.5. The van der Waals surface area contributed by atoms with Gasteiger partial charge in [-0.3, -0.25) is 14.8 Å². The van der Waals surface area contributed by atoms with Gasteiger partial charge in [-0.05, 0) is 31.2 Å². The molecule has 1 aromatic heterocycles. The number of halogens is 1. The topological polar surface area (TPSA) is 72.9 Å². The quantitative estimate of drug-likeness (QED) is 0.422. The first-order valence-electron chi connectivity index (χ1n) is 7.01. The Hall–Kier alpha value is -2.44. The number of benzene rings is 2. The average molecular weight is 371 g/mol. The third kappa shape index (κ3) is 3.04. The lowest BCUT2D eigenvalue weighted by molar-refractivity contribution is 0.0950. The van der Waals surface area contributed by atoms with Crippen LogP contribution in [0.2, 0.25) is 0 Å². The van der Waals surface area contributed by atoms with E-state index in [1.54, 1.807) is 6.33 Å². The smallest absolute Gasteiger partial charge is 0.286 e. The van der Waals surface area contributed by atoms with E-state index in [9.17, 15) is 4.79 Å². The minimum Gasteiger partial charge on any atom is -0.298 e. The summed E-state index contributed by atoms with van der Waals surface area (Å²) in [4.78, 5) is 16.3. The van der Waals surface area contributed by atoms with Crippen LogP contribution in [0.1, 0.15) is 16.1 Å². The predicted molar refractivity (Wildman–Crippen MR) is 93.1 cm³/mol. The molecule has 0 radical (unpaired) electrons. The lowest BCUT2D eigenvalue weighted by atomic mass is 10.1. The van der Waals surface area contributed by atoms with Gasteiger partial charge in [-0.15, -0.1) is 0 Å². The highest BCUT2D eigenvalue weighted by Gasteiger charge is 2.20. The number of aromatic nitrogens is 2. The summed E-state index contributed by atoms with van der Waals surface area (Å²) in [5, 5.41) is 0. The van der Waals surface area contributed by atoms with E-state index >= 15 is 0 Å². The Bertz CT molecular complexity index is 873. The van der Waals surface area contributed by atoms with Crippen LogP contribution in [0, 0.1) is 6.92 Å². The van der Waals surface area contributed by atoms with Crippen molar-refractivity contribution in [2.45, 2.75) is 6.92 Å². The van der Waals surface area contributed by atoms with Crippen LogP contribution in [0.5, 0.6) is 0 Å². The number of nitrogens with one attached hydrogen (secondary N) is 1. The number of carbonyl (C=O) groups excluding carboxylic acids is 1. The summed E-state index contributed by atoms with van der Waals surface area (Å²) in [7, 11) is 0. The molecule has 1 amide bonds. The zero-order chi connectivity index (χ0) is 16.4. The second-order valence-electron chi connectivity index (χ2n) is 5.13. The minimum absolute atomic E-state index is 0.290. The van der Waals surface area contributed by atoms with Crippen molar-refractivity contribution in [1.29, 1.82) is 0 Å². The van der Waals surface area contributed by atoms with Crippen molar-refractivity contribution >= 4 is 21.8 Å². The Kier molecular flexibility index (Phi) is 4.27. The van der Waals surface area contributed by atoms with E-state index in [4.69, 9.17) is 5.84 Å². The summed E-state index contributed by atoms with van der Waals surface area (Å²) in [5.74, 6) is 4.88. The minimum atomic E-state index is -0.421. The van der Waals surface area contributed by atoms with E-state index in [2.05, 4.69) is 26.3 Å². The number of amides is 1. The highest BCUT2D eigenvalue weighted by Crippen LogP contribution is 2.28. The first-order chi connectivity index (χ1) is 11.1. The maximum atomic E-state index is 12.1. The molecule has 3 rings (SSSR count). The molecule has 0 unspecified atom stereocenters. The lowest BCUT2D eigenvalue weighted by Crippen LogP contribution is -2.30. The van der Waals surface area contributed by atoms with Crippen LogP contribution in [0.4, 0.5) is 0 Å². The van der Waals surface area contributed by atoms with Crippen molar-refractivity contribution in [2.24, 2.45) is 5.84 Å². The Morgan fingerprint density at radius 2 is 2.00 bits per heavy atom. The maximum Gasteiger partial charge on any atom is 0.286 e. The van der Waals surface area contributed by atoms with E-state index in [0.29, 0.717) is 5.69 Å². The van der Waals surface area contributed by atoms with Crippen LogP contribution >= 0.6 is 15.9 Å². The molecule has 0 saturated carbocycles. The molecule has 1 heterocycles. The van der Waals surface area contributed by atoms with E-state index in [0.717, 1.165) is 21.3 Å². The number of hydrazine groups is 1. The van der Waals surface area contributed by atoms with Gasteiger partial charge in [-0.25, -0.2) is 10.8 Å². The van der Waals surface area contributed by atoms with Crippen molar-refractivity contribution in [3.63, 3.8) is 0 Å². The normalized spacial score (nSPS) is 10.6. The van der Waals surface area contributed by atoms with E-state index in [-0.39, 0.29) is 5.69 Å². The number of nitrogens with two attached hydrogens (primary N) is 1. The van der Waals surface area contributed by atoms with Crippen molar-refractivity contribution < 1.29 is 4.79 Å². The third-order valence-electron chi connectivity index (χ3n) is 3.49. The third-order valence-corrected chi connectivity index (χ3v) is 3.98. The Morgan fingerprint density at radius 1 is 1.22 bits per heavy atom. The second-order valence-corrected chi connectivity index (χ2v) is 6.05. The first kappa shape index (κ1) is 15.5. The van der Waals surface area contributed by atoms with Gasteiger partial charge in [0.05, 0.1) is 5.69 Å². The molecule has 23 heavy (non-hydrogen) atoms. The van der Waals surface area contributed by atoms with Crippen LogP contribution in [0.3, 0.4) is 0 Å². The van der Waals surface area contributed by atoms with Crippen molar-refractivity contribution in [3.8, 4) is 16.9 Å². The maximum absolute atomic E-state index is 12.1. The summed E-state index contributed by atoms with van der Waals surface area (Å²) < 4.78 is 2.83. The molecule has 3 aromatic rings. The molecule has 6 heteroatoms. The highest BCUT2D eigenvalue weighted by molar-refractivity contribution is 9.10. The Morgan fingerprint density at radius 3 is 2.70 bits per heavy atom. The molecule has 0 aliphatic heterocycles. The summed E-state index contributed by atoms with van der Waals surface area (Å²) in [6.07, 6.45) is 1.63. The number of hydrogen-bond donors (Lipinski definition) is 2. The number of imidazole rings is 1. The van der Waals surface area contributed by atoms with Crippen LogP contribution in [-0.4, -0.2) is 15.5 Å². The fraction of sp³-hybridized carbons (Fsp3) is 0.0588. The molecule has 0 aliphatic carbocycles. The van der Waals surface area contributed by atoms with Crippen LogP contribution in [0.25, 0.3) is 16.9 Å². The number of hydrogen-bond acceptors (Lipinski definition) is 3. The number of carbonyl (C=O) groups is 1. The standard InChI is InChI=1S/C17H15BrN4O/c1-11-4-2-5-12(8-11)16-15(17(23)21-19)20-10-22(16)14-7-3-6-13(18)9-14/h2-10H,19H2,1H3,(H,21,23). The fourth-order valence-corrected chi connectivity index (χ4v) is 2.86. The van der Waals surface area contributed by atoms with Gasteiger partial charge in [-0.2, -0.15) is 0 Å². The molecule has 0 spiro atoms. The van der Waals surface area contributed by atoms with E-state index in [1.807, 2.05) is 60.0 Å². The van der Waals surface area contributed by atoms with Gasteiger partial charge in [0.15, 0.2) is 5.69 Å². The van der Waals surface area contributed by atoms with Gasteiger partial charge in [0.25, 0.3) is 5.91 Å². The first-order valence-corrected chi connectivity index (χ1v) is 7.80. The molecule has 3 N–H and O–H groups in total. The summed E-state index contributed by atoms with van der Waals surface area (Å²) in [6.45, 7) is 2.01. The molecule has 116 valence electrons. The summed E-state index contributed by atoms with van der Waals surface area (Å²) in [5.41, 5.74) is 6.06. The molecule has 0 atom stereocenters. The lowest BCUT2D eigenvalue weighted by Gasteiger charge is -2.11. The Labute approximate surface area is 142 Å². The van der Waals surface area contributed by atoms with Crippen LogP contribution in [-0.2, 0) is 0 Å². The molecule has 2 aromatic carbocycles. The number of rotatable bonds is 3. The molecular weight excluding hydrogens is 356 g/mol. The van der Waals surface area contributed by atoms with Gasteiger partial charge < -0.3 is 0 Å². The van der Waals surface area contributed by atoms with Crippen LogP contribution in [0.15, 0.2) is 59.3 Å². The molecule has 0 fully saturated rings. The average Bonchev–Trinajstić information content (AvgIpc) is 2.99. The van der Waals surface area contributed by atoms with Gasteiger partial charge in [0.2, 0.25) is 0 Å². The number of nitrogens with zero attached hydrogens (tertiary/aromatic N) is 2. The molecule has 0 saturated heterocycles.